The Labute approximate surface area is 130 Å². The Morgan fingerprint density at radius 1 is 1.41 bits per heavy atom. The molecule has 0 fully saturated rings. The maximum atomic E-state index is 12.9. The van der Waals surface area contributed by atoms with Gasteiger partial charge in [0.25, 0.3) is 11.8 Å². The van der Waals surface area contributed by atoms with Gasteiger partial charge in [0.1, 0.15) is 11.3 Å². The van der Waals surface area contributed by atoms with Crippen molar-refractivity contribution in [2.45, 2.75) is 5.92 Å². The van der Waals surface area contributed by atoms with Crippen molar-refractivity contribution in [3.8, 4) is 5.75 Å². The highest BCUT2D eigenvalue weighted by atomic mass is 35.5. The zero-order valence-electron chi connectivity index (χ0n) is 11.5. The number of amides is 1. The van der Waals surface area contributed by atoms with Crippen LogP contribution in [0.1, 0.15) is 0 Å². The van der Waals surface area contributed by atoms with Gasteiger partial charge in [0, 0.05) is 11.6 Å². The van der Waals surface area contributed by atoms with Crippen LogP contribution in [0.25, 0.3) is 10.9 Å². The van der Waals surface area contributed by atoms with Crippen LogP contribution in [0.15, 0.2) is 30.5 Å². The van der Waals surface area contributed by atoms with Gasteiger partial charge >= 0.3 is 0 Å². The smallest absolute Gasteiger partial charge is 0.277 e. The van der Waals surface area contributed by atoms with E-state index in [4.69, 9.17) is 22.1 Å². The Morgan fingerprint density at radius 2 is 2.18 bits per heavy atom. The molecule has 118 valence electrons. The van der Waals surface area contributed by atoms with Crippen molar-refractivity contribution in [1.29, 1.82) is 0 Å². The third-order valence-electron chi connectivity index (χ3n) is 2.88. The molecule has 0 aliphatic carbocycles. The summed E-state index contributed by atoms with van der Waals surface area (Å²) in [6.45, 7) is -2.07. The van der Waals surface area contributed by atoms with Gasteiger partial charge in [0.2, 0.25) is 0 Å². The molecule has 0 atom stereocenters. The number of benzene rings is 1. The lowest BCUT2D eigenvalue weighted by atomic mass is 10.2. The van der Waals surface area contributed by atoms with Crippen molar-refractivity contribution in [3.05, 3.63) is 35.5 Å². The topological polar surface area (TPSA) is 77.2 Å². The number of halogens is 3. The fourth-order valence-corrected chi connectivity index (χ4v) is 1.94. The van der Waals surface area contributed by atoms with E-state index in [1.807, 2.05) is 0 Å². The summed E-state index contributed by atoms with van der Waals surface area (Å²) in [5.41, 5.74) is 5.38. The van der Waals surface area contributed by atoms with Crippen LogP contribution in [-0.4, -0.2) is 36.5 Å². The van der Waals surface area contributed by atoms with Crippen LogP contribution in [0.5, 0.6) is 5.75 Å². The molecule has 0 aliphatic rings. The van der Waals surface area contributed by atoms with E-state index in [0.717, 1.165) is 0 Å². The SMILES string of the molecule is NCC(F)(F)CNC(=O)COc1ccc(Cl)c2cccnc12. The van der Waals surface area contributed by atoms with Crippen molar-refractivity contribution in [2.75, 3.05) is 19.7 Å². The monoisotopic (exact) mass is 329 g/mol. The molecule has 8 heteroatoms. The predicted octanol–water partition coefficient (Wildman–Crippen LogP) is 1.98. The average molecular weight is 330 g/mol. The predicted molar refractivity (Wildman–Crippen MR) is 79.3 cm³/mol. The van der Waals surface area contributed by atoms with Crippen molar-refractivity contribution in [2.24, 2.45) is 5.73 Å². The summed E-state index contributed by atoms with van der Waals surface area (Å²) in [6.07, 6.45) is 1.56. The fraction of sp³-hybridized carbons (Fsp3) is 0.286. The van der Waals surface area contributed by atoms with E-state index < -0.39 is 31.5 Å². The summed E-state index contributed by atoms with van der Waals surface area (Å²) in [7, 11) is 0. The number of rotatable bonds is 6. The van der Waals surface area contributed by atoms with Gasteiger partial charge in [-0.3, -0.25) is 9.78 Å². The highest BCUT2D eigenvalue weighted by molar-refractivity contribution is 6.35. The van der Waals surface area contributed by atoms with E-state index in [0.29, 0.717) is 21.7 Å². The van der Waals surface area contributed by atoms with E-state index in [2.05, 4.69) is 10.3 Å². The van der Waals surface area contributed by atoms with Gasteiger partial charge in [-0.15, -0.1) is 0 Å². The number of ether oxygens (including phenoxy) is 1. The molecule has 0 bridgehead atoms. The molecule has 0 aliphatic heterocycles. The van der Waals surface area contributed by atoms with Crippen LogP contribution in [0, 0.1) is 0 Å². The number of hydrogen-bond donors (Lipinski definition) is 2. The molecule has 2 aromatic rings. The quantitative estimate of drug-likeness (QED) is 0.849. The molecular formula is C14H14ClF2N3O2. The van der Waals surface area contributed by atoms with Gasteiger partial charge in [-0.1, -0.05) is 11.6 Å². The largest absolute Gasteiger partial charge is 0.481 e. The first-order valence-electron chi connectivity index (χ1n) is 6.43. The summed E-state index contributed by atoms with van der Waals surface area (Å²) in [5.74, 6) is -3.46. The number of nitrogens with one attached hydrogen (secondary N) is 1. The van der Waals surface area contributed by atoms with Gasteiger partial charge < -0.3 is 15.8 Å². The van der Waals surface area contributed by atoms with Crippen molar-refractivity contribution >= 4 is 28.4 Å². The lowest BCUT2D eigenvalue weighted by Crippen LogP contribution is -2.43. The second-order valence-corrected chi connectivity index (χ2v) is 4.98. The van der Waals surface area contributed by atoms with Gasteiger partial charge in [-0.2, -0.15) is 0 Å². The molecule has 0 saturated carbocycles. The Morgan fingerprint density at radius 3 is 2.91 bits per heavy atom. The second-order valence-electron chi connectivity index (χ2n) is 4.57. The van der Waals surface area contributed by atoms with E-state index in [1.165, 1.54) is 0 Å². The molecular weight excluding hydrogens is 316 g/mol. The van der Waals surface area contributed by atoms with Crippen LogP contribution in [0.4, 0.5) is 8.78 Å². The second kappa shape index (κ2) is 6.85. The minimum atomic E-state index is -3.13. The zero-order chi connectivity index (χ0) is 16.2. The third-order valence-corrected chi connectivity index (χ3v) is 3.21. The number of pyridine rings is 1. The van der Waals surface area contributed by atoms with Crippen molar-refractivity contribution in [1.82, 2.24) is 10.3 Å². The molecule has 0 spiro atoms. The maximum Gasteiger partial charge on any atom is 0.277 e. The lowest BCUT2D eigenvalue weighted by Gasteiger charge is -2.15. The number of fused-ring (bicyclic) bond motifs is 1. The van der Waals surface area contributed by atoms with Gasteiger partial charge in [0.05, 0.1) is 18.1 Å². The lowest BCUT2D eigenvalue weighted by molar-refractivity contribution is -0.124. The number of alkyl halides is 2. The summed E-state index contributed by atoms with van der Waals surface area (Å²) in [5, 5.41) is 3.24. The third kappa shape index (κ3) is 4.02. The van der Waals surface area contributed by atoms with Gasteiger partial charge in [-0.25, -0.2) is 8.78 Å². The first kappa shape index (κ1) is 16.4. The zero-order valence-corrected chi connectivity index (χ0v) is 12.2. The Bertz CT molecular complexity index is 682. The van der Waals surface area contributed by atoms with Gasteiger partial charge in [-0.05, 0) is 24.3 Å². The average Bonchev–Trinajstić information content (AvgIpc) is 2.53. The minimum Gasteiger partial charge on any atom is -0.481 e. The van der Waals surface area contributed by atoms with Crippen LogP contribution in [0.3, 0.4) is 0 Å². The molecule has 22 heavy (non-hydrogen) atoms. The van der Waals surface area contributed by atoms with E-state index in [9.17, 15) is 13.6 Å². The standard InChI is InChI=1S/C14H14ClF2N3O2/c15-10-3-4-11(13-9(10)2-1-5-19-13)22-6-12(21)20-8-14(16,17)7-18/h1-5H,6-8,18H2,(H,20,21). The number of carbonyl (C=O) groups excluding carboxylic acids is 1. The van der Waals surface area contributed by atoms with Crippen molar-refractivity contribution in [3.63, 3.8) is 0 Å². The number of nitrogens with two attached hydrogens (primary N) is 1. The van der Waals surface area contributed by atoms with E-state index in [-0.39, 0.29) is 0 Å². The normalized spacial score (nSPS) is 11.5. The summed E-state index contributed by atoms with van der Waals surface area (Å²) < 4.78 is 31.2. The first-order chi connectivity index (χ1) is 10.4. The molecule has 1 amide bonds. The fourth-order valence-electron chi connectivity index (χ4n) is 1.72. The first-order valence-corrected chi connectivity index (χ1v) is 6.81. The summed E-state index contributed by atoms with van der Waals surface area (Å²) in [4.78, 5) is 15.7. The molecule has 1 heterocycles. The van der Waals surface area contributed by atoms with Crippen LogP contribution < -0.4 is 15.8 Å². The number of carbonyl (C=O) groups is 1. The Balaban J connectivity index is 2.00. The highest BCUT2D eigenvalue weighted by Crippen LogP contribution is 2.29. The molecule has 1 aromatic carbocycles. The summed E-state index contributed by atoms with van der Waals surface area (Å²) in [6, 6.07) is 6.67. The number of aromatic nitrogens is 1. The van der Waals surface area contributed by atoms with Crippen molar-refractivity contribution < 1.29 is 18.3 Å². The Hall–Kier alpha value is -1.99. The van der Waals surface area contributed by atoms with Crippen LogP contribution in [0.2, 0.25) is 5.02 Å². The molecule has 1 aromatic heterocycles. The van der Waals surface area contributed by atoms with Crippen LogP contribution in [-0.2, 0) is 4.79 Å². The van der Waals surface area contributed by atoms with E-state index in [1.54, 1.807) is 30.5 Å². The van der Waals surface area contributed by atoms with Crippen LogP contribution >= 0.6 is 11.6 Å². The molecule has 0 unspecified atom stereocenters. The molecule has 5 nitrogen and oxygen atoms in total. The maximum absolute atomic E-state index is 12.9. The number of nitrogens with zero attached hydrogens (tertiary/aromatic N) is 1. The van der Waals surface area contributed by atoms with E-state index >= 15 is 0 Å². The number of hydrogen-bond acceptors (Lipinski definition) is 4. The molecule has 3 N–H and O–H groups in total. The molecule has 0 radical (unpaired) electrons. The Kier molecular flexibility index (Phi) is 5.10. The molecule has 2 rings (SSSR count). The highest BCUT2D eigenvalue weighted by Gasteiger charge is 2.27. The summed E-state index contributed by atoms with van der Waals surface area (Å²) >= 11 is 6.04. The molecule has 0 saturated heterocycles. The minimum absolute atomic E-state index is 0.348. The van der Waals surface area contributed by atoms with Gasteiger partial charge in [0.15, 0.2) is 6.61 Å².